The monoisotopic (exact) mass is 236 g/mol. The van der Waals surface area contributed by atoms with Crippen molar-refractivity contribution >= 4 is 5.78 Å². The minimum Gasteiger partial charge on any atom is -0.491 e. The molecule has 0 saturated heterocycles. The zero-order valence-corrected chi connectivity index (χ0v) is 9.72. The van der Waals surface area contributed by atoms with Crippen LogP contribution in [-0.2, 0) is 6.42 Å². The fraction of sp³-hybridized carbons (Fsp3) is 0.462. The van der Waals surface area contributed by atoms with Crippen molar-refractivity contribution in [2.45, 2.75) is 19.4 Å². The van der Waals surface area contributed by atoms with Crippen LogP contribution < -0.4 is 4.74 Å². The molecule has 0 fully saturated rings. The van der Waals surface area contributed by atoms with Gasteiger partial charge in [-0.05, 0) is 24.1 Å². The Balaban J connectivity index is 2.10. The van der Waals surface area contributed by atoms with Crippen LogP contribution in [-0.4, -0.2) is 35.3 Å². The summed E-state index contributed by atoms with van der Waals surface area (Å²) in [6.45, 7) is 1.61. The fourth-order valence-electron chi connectivity index (χ4n) is 1.99. The molecular formula is C13H16O4. The van der Waals surface area contributed by atoms with Crippen LogP contribution in [0.15, 0.2) is 18.2 Å². The van der Waals surface area contributed by atoms with Gasteiger partial charge < -0.3 is 14.9 Å². The molecule has 2 N–H and O–H groups in total. The second-order valence-corrected chi connectivity index (χ2v) is 4.44. The highest BCUT2D eigenvalue weighted by atomic mass is 16.5. The van der Waals surface area contributed by atoms with Crippen molar-refractivity contribution in [1.29, 1.82) is 0 Å². The molecule has 2 rings (SSSR count). The van der Waals surface area contributed by atoms with Crippen molar-refractivity contribution < 1.29 is 19.7 Å². The first-order valence-corrected chi connectivity index (χ1v) is 5.70. The maximum atomic E-state index is 11.8. The number of carbonyl (C=O) groups excluding carboxylic acids is 1. The Hall–Kier alpha value is -1.39. The standard InChI is InChI=1S/C13H16O4/c1-8-4-9-2-3-11(5-12(9)13(8)16)17-7-10(15)6-14/h2-3,5,8,10,14-15H,4,6-7H2,1H3/t8-,10-/m0/s1. The maximum Gasteiger partial charge on any atom is 0.166 e. The highest BCUT2D eigenvalue weighted by molar-refractivity contribution is 6.02. The molecule has 0 spiro atoms. The first-order chi connectivity index (χ1) is 8.11. The molecule has 92 valence electrons. The van der Waals surface area contributed by atoms with E-state index in [2.05, 4.69) is 0 Å². The van der Waals surface area contributed by atoms with Crippen LogP contribution in [0.25, 0.3) is 0 Å². The average molecular weight is 236 g/mol. The highest BCUT2D eigenvalue weighted by Crippen LogP contribution is 2.29. The van der Waals surface area contributed by atoms with Gasteiger partial charge in [-0.1, -0.05) is 13.0 Å². The molecule has 0 amide bonds. The van der Waals surface area contributed by atoms with Crippen LogP contribution in [0.2, 0.25) is 0 Å². The number of fused-ring (bicyclic) bond motifs is 1. The van der Waals surface area contributed by atoms with Gasteiger partial charge in [0, 0.05) is 11.5 Å². The van der Waals surface area contributed by atoms with Crippen LogP contribution in [0, 0.1) is 5.92 Å². The third-order valence-corrected chi connectivity index (χ3v) is 2.97. The van der Waals surface area contributed by atoms with Crippen molar-refractivity contribution in [3.8, 4) is 5.75 Å². The maximum absolute atomic E-state index is 11.8. The van der Waals surface area contributed by atoms with E-state index in [-0.39, 0.29) is 24.9 Å². The number of hydrogen-bond acceptors (Lipinski definition) is 4. The average Bonchev–Trinajstić information content (AvgIpc) is 2.62. The van der Waals surface area contributed by atoms with E-state index in [1.165, 1.54) is 0 Å². The quantitative estimate of drug-likeness (QED) is 0.811. The number of ketones is 1. The lowest BCUT2D eigenvalue weighted by atomic mass is 10.1. The summed E-state index contributed by atoms with van der Waals surface area (Å²) in [6.07, 6.45) is -0.105. The van der Waals surface area contributed by atoms with E-state index < -0.39 is 6.10 Å². The van der Waals surface area contributed by atoms with Crippen LogP contribution in [0.1, 0.15) is 22.8 Å². The molecule has 4 heteroatoms. The summed E-state index contributed by atoms with van der Waals surface area (Å²) in [5.74, 6) is 0.745. The van der Waals surface area contributed by atoms with Crippen molar-refractivity contribution in [2.24, 2.45) is 5.92 Å². The molecule has 0 saturated carbocycles. The number of ether oxygens (including phenoxy) is 1. The molecule has 1 aromatic carbocycles. The van der Waals surface area contributed by atoms with E-state index in [4.69, 9.17) is 14.9 Å². The van der Waals surface area contributed by atoms with Crippen LogP contribution in [0.5, 0.6) is 5.75 Å². The minimum atomic E-state index is -0.891. The molecule has 4 nitrogen and oxygen atoms in total. The third kappa shape index (κ3) is 2.48. The summed E-state index contributed by atoms with van der Waals surface area (Å²) in [5, 5.41) is 17.8. The number of carbonyl (C=O) groups is 1. The normalized spacial score (nSPS) is 20.2. The smallest absolute Gasteiger partial charge is 0.166 e. The van der Waals surface area contributed by atoms with Gasteiger partial charge in [0.2, 0.25) is 0 Å². The van der Waals surface area contributed by atoms with Gasteiger partial charge in [-0.25, -0.2) is 0 Å². The van der Waals surface area contributed by atoms with Crippen molar-refractivity contribution in [2.75, 3.05) is 13.2 Å². The van der Waals surface area contributed by atoms with Gasteiger partial charge in [0.15, 0.2) is 5.78 Å². The lowest BCUT2D eigenvalue weighted by Crippen LogP contribution is -2.21. The van der Waals surface area contributed by atoms with Crippen molar-refractivity contribution in [3.05, 3.63) is 29.3 Å². The second kappa shape index (κ2) is 4.85. The third-order valence-electron chi connectivity index (χ3n) is 2.97. The lowest BCUT2D eigenvalue weighted by molar-refractivity contribution is 0.0536. The number of Topliss-reactive ketones (excluding diaryl/α,β-unsaturated/α-hetero) is 1. The molecule has 1 aliphatic carbocycles. The van der Waals surface area contributed by atoms with Gasteiger partial charge >= 0.3 is 0 Å². The summed E-state index contributed by atoms with van der Waals surface area (Å²) in [6, 6.07) is 5.39. The molecule has 1 aliphatic rings. The molecule has 2 atom stereocenters. The molecule has 0 unspecified atom stereocenters. The first kappa shape index (κ1) is 12.1. The van der Waals surface area contributed by atoms with E-state index in [9.17, 15) is 4.79 Å². The predicted octanol–water partition coefficient (Wildman–Crippen LogP) is 0.794. The Morgan fingerprint density at radius 1 is 1.53 bits per heavy atom. The fourth-order valence-corrected chi connectivity index (χ4v) is 1.99. The Morgan fingerprint density at radius 3 is 3.00 bits per heavy atom. The molecule has 1 aromatic rings. The van der Waals surface area contributed by atoms with Crippen molar-refractivity contribution in [3.63, 3.8) is 0 Å². The Morgan fingerprint density at radius 2 is 2.29 bits per heavy atom. The molecule has 0 aliphatic heterocycles. The molecule has 0 bridgehead atoms. The highest BCUT2D eigenvalue weighted by Gasteiger charge is 2.27. The Kier molecular flexibility index (Phi) is 3.45. The van der Waals surface area contributed by atoms with E-state index in [0.717, 1.165) is 12.0 Å². The summed E-state index contributed by atoms with van der Waals surface area (Å²) in [5.41, 5.74) is 1.77. The molecule has 17 heavy (non-hydrogen) atoms. The lowest BCUT2D eigenvalue weighted by Gasteiger charge is -2.10. The SMILES string of the molecule is C[C@H]1Cc2ccc(OC[C@@H](O)CO)cc2C1=O. The number of rotatable bonds is 4. The number of benzene rings is 1. The van der Waals surface area contributed by atoms with Gasteiger partial charge in [0.1, 0.15) is 18.5 Å². The second-order valence-electron chi connectivity index (χ2n) is 4.44. The zero-order chi connectivity index (χ0) is 12.4. The topological polar surface area (TPSA) is 66.8 Å². The van der Waals surface area contributed by atoms with Gasteiger partial charge in [0.05, 0.1) is 6.61 Å². The largest absolute Gasteiger partial charge is 0.491 e. The van der Waals surface area contributed by atoms with Gasteiger partial charge in [-0.3, -0.25) is 4.79 Å². The molecule has 0 aromatic heterocycles. The Bertz CT molecular complexity index is 427. The zero-order valence-electron chi connectivity index (χ0n) is 9.72. The molecule has 0 radical (unpaired) electrons. The number of aliphatic hydroxyl groups excluding tert-OH is 2. The van der Waals surface area contributed by atoms with E-state index in [1.807, 2.05) is 13.0 Å². The van der Waals surface area contributed by atoms with Crippen LogP contribution in [0.4, 0.5) is 0 Å². The number of hydrogen-bond donors (Lipinski definition) is 2. The van der Waals surface area contributed by atoms with E-state index >= 15 is 0 Å². The summed E-state index contributed by atoms with van der Waals surface area (Å²) in [7, 11) is 0. The predicted molar refractivity (Wildman–Crippen MR) is 62.2 cm³/mol. The van der Waals surface area contributed by atoms with E-state index in [0.29, 0.717) is 11.3 Å². The van der Waals surface area contributed by atoms with Crippen LogP contribution >= 0.6 is 0 Å². The van der Waals surface area contributed by atoms with Crippen molar-refractivity contribution in [1.82, 2.24) is 0 Å². The molecular weight excluding hydrogens is 220 g/mol. The van der Waals surface area contributed by atoms with Gasteiger partial charge in [-0.15, -0.1) is 0 Å². The number of aliphatic hydroxyl groups is 2. The first-order valence-electron chi connectivity index (χ1n) is 5.70. The van der Waals surface area contributed by atoms with Gasteiger partial charge in [0.25, 0.3) is 0 Å². The minimum absolute atomic E-state index is 0.0268. The Labute approximate surface area is 99.8 Å². The molecule has 0 heterocycles. The van der Waals surface area contributed by atoms with Crippen LogP contribution in [0.3, 0.4) is 0 Å². The summed E-state index contributed by atoms with van der Waals surface area (Å²) < 4.78 is 5.31. The summed E-state index contributed by atoms with van der Waals surface area (Å²) >= 11 is 0. The van der Waals surface area contributed by atoms with Gasteiger partial charge in [-0.2, -0.15) is 0 Å². The van der Waals surface area contributed by atoms with E-state index in [1.54, 1.807) is 12.1 Å². The summed E-state index contributed by atoms with van der Waals surface area (Å²) in [4.78, 5) is 11.8.